The average Bonchev–Trinajstić information content (AvgIpc) is 2.52. The zero-order chi connectivity index (χ0) is 17.9. The number of hydrogen-bond acceptors (Lipinski definition) is 3. The van der Waals surface area contributed by atoms with Gasteiger partial charge in [-0.3, -0.25) is 9.10 Å². The topological polar surface area (TPSA) is 66.5 Å². The van der Waals surface area contributed by atoms with E-state index >= 15 is 0 Å². The molecule has 0 aliphatic carbocycles. The van der Waals surface area contributed by atoms with Crippen molar-refractivity contribution >= 4 is 21.6 Å². The Hall–Kier alpha value is -2.34. The summed E-state index contributed by atoms with van der Waals surface area (Å²) in [5.74, 6) is -0.223. The minimum absolute atomic E-state index is 0.223. The third kappa shape index (κ3) is 3.94. The van der Waals surface area contributed by atoms with Crippen molar-refractivity contribution in [1.82, 2.24) is 5.32 Å². The first-order valence-corrected chi connectivity index (χ1v) is 9.43. The van der Waals surface area contributed by atoms with E-state index in [9.17, 15) is 13.2 Å². The summed E-state index contributed by atoms with van der Waals surface area (Å²) in [5.41, 5.74) is 3.76. The highest BCUT2D eigenvalue weighted by Crippen LogP contribution is 2.24. The molecule has 2 aromatic carbocycles. The smallest absolute Gasteiger partial charge is 0.251 e. The molecule has 0 atom stereocenters. The van der Waals surface area contributed by atoms with Gasteiger partial charge in [0.25, 0.3) is 5.91 Å². The van der Waals surface area contributed by atoms with Gasteiger partial charge in [-0.25, -0.2) is 8.42 Å². The van der Waals surface area contributed by atoms with Crippen LogP contribution in [0.4, 0.5) is 5.69 Å². The summed E-state index contributed by atoms with van der Waals surface area (Å²) < 4.78 is 24.7. The van der Waals surface area contributed by atoms with Gasteiger partial charge in [0.2, 0.25) is 10.0 Å². The molecule has 0 heterocycles. The van der Waals surface area contributed by atoms with E-state index in [0.29, 0.717) is 23.4 Å². The lowest BCUT2D eigenvalue weighted by Crippen LogP contribution is -2.28. The van der Waals surface area contributed by atoms with Crippen LogP contribution in [0.1, 0.15) is 27.0 Å². The molecule has 1 N–H and O–H groups in total. The van der Waals surface area contributed by atoms with Gasteiger partial charge >= 0.3 is 0 Å². The molecule has 2 aromatic rings. The summed E-state index contributed by atoms with van der Waals surface area (Å²) in [6, 6.07) is 12.9. The van der Waals surface area contributed by atoms with Crippen LogP contribution in [-0.2, 0) is 16.6 Å². The van der Waals surface area contributed by atoms with Crippen molar-refractivity contribution in [2.75, 3.05) is 17.6 Å². The highest BCUT2D eigenvalue weighted by Gasteiger charge is 2.18. The zero-order valence-electron chi connectivity index (χ0n) is 14.3. The molecule has 24 heavy (non-hydrogen) atoms. The van der Waals surface area contributed by atoms with E-state index in [2.05, 4.69) is 5.32 Å². The van der Waals surface area contributed by atoms with Crippen molar-refractivity contribution in [2.24, 2.45) is 0 Å². The standard InChI is InChI=1S/C18H22N2O3S/c1-13-8-5-6-9-15(13)12-19-18(21)16-10-7-11-17(14(16)2)20(3)24(4,22)23/h5-11H,12H2,1-4H3,(H,19,21). The molecule has 0 unspecified atom stereocenters. The number of hydrogen-bond donors (Lipinski definition) is 1. The highest BCUT2D eigenvalue weighted by atomic mass is 32.2. The maximum atomic E-state index is 12.5. The molecule has 0 bridgehead atoms. The Bertz CT molecular complexity index is 860. The number of sulfonamides is 1. The normalized spacial score (nSPS) is 11.2. The van der Waals surface area contributed by atoms with Crippen LogP contribution in [0.3, 0.4) is 0 Å². The van der Waals surface area contributed by atoms with Crippen molar-refractivity contribution < 1.29 is 13.2 Å². The van der Waals surface area contributed by atoms with Gasteiger partial charge < -0.3 is 5.32 Å². The number of benzene rings is 2. The van der Waals surface area contributed by atoms with Gasteiger partial charge in [0.05, 0.1) is 11.9 Å². The Morgan fingerprint density at radius 3 is 2.38 bits per heavy atom. The van der Waals surface area contributed by atoms with Crippen LogP contribution in [0.5, 0.6) is 0 Å². The molecule has 0 spiro atoms. The maximum absolute atomic E-state index is 12.5. The number of rotatable bonds is 5. The molecule has 128 valence electrons. The molecule has 1 amide bonds. The number of carbonyl (C=O) groups excluding carboxylic acids is 1. The second-order valence-electron chi connectivity index (χ2n) is 5.79. The number of anilines is 1. The largest absolute Gasteiger partial charge is 0.348 e. The van der Waals surface area contributed by atoms with Gasteiger partial charge in [0.1, 0.15) is 0 Å². The van der Waals surface area contributed by atoms with Crippen molar-refractivity contribution in [1.29, 1.82) is 0 Å². The average molecular weight is 346 g/mol. The molecule has 0 radical (unpaired) electrons. The first kappa shape index (κ1) is 18.0. The fraction of sp³-hybridized carbons (Fsp3) is 0.278. The molecule has 0 fully saturated rings. The Labute approximate surface area is 143 Å². The molecular weight excluding hydrogens is 324 g/mol. The van der Waals surface area contributed by atoms with Gasteiger partial charge in [-0.05, 0) is 42.7 Å². The Balaban J connectivity index is 2.23. The summed E-state index contributed by atoms with van der Waals surface area (Å²) in [4.78, 5) is 12.5. The van der Waals surface area contributed by atoms with E-state index in [-0.39, 0.29) is 5.91 Å². The first-order chi connectivity index (χ1) is 11.2. The molecule has 0 aliphatic rings. The van der Waals surface area contributed by atoms with Crippen molar-refractivity contribution in [2.45, 2.75) is 20.4 Å². The van der Waals surface area contributed by atoms with Gasteiger partial charge in [-0.2, -0.15) is 0 Å². The number of nitrogens with zero attached hydrogens (tertiary/aromatic N) is 1. The maximum Gasteiger partial charge on any atom is 0.251 e. The molecule has 0 aliphatic heterocycles. The van der Waals surface area contributed by atoms with Crippen molar-refractivity contribution in [3.8, 4) is 0 Å². The van der Waals surface area contributed by atoms with Crippen LogP contribution in [0, 0.1) is 13.8 Å². The predicted octanol–water partition coefficient (Wildman–Crippen LogP) is 2.63. The monoisotopic (exact) mass is 346 g/mol. The van der Waals surface area contributed by atoms with E-state index in [1.807, 2.05) is 31.2 Å². The van der Waals surface area contributed by atoms with E-state index in [1.165, 1.54) is 11.4 Å². The third-order valence-electron chi connectivity index (χ3n) is 4.09. The van der Waals surface area contributed by atoms with E-state index in [0.717, 1.165) is 17.4 Å². The fourth-order valence-corrected chi connectivity index (χ4v) is 3.02. The molecule has 0 aromatic heterocycles. The Kier molecular flexibility index (Phi) is 5.29. The van der Waals surface area contributed by atoms with Gasteiger partial charge in [0.15, 0.2) is 0 Å². The molecule has 0 saturated heterocycles. The Morgan fingerprint density at radius 2 is 1.75 bits per heavy atom. The quantitative estimate of drug-likeness (QED) is 0.905. The molecular formula is C18H22N2O3S. The molecule has 2 rings (SSSR count). The summed E-state index contributed by atoms with van der Waals surface area (Å²) >= 11 is 0. The molecule has 6 heteroatoms. The first-order valence-electron chi connectivity index (χ1n) is 7.58. The van der Waals surface area contributed by atoms with E-state index in [4.69, 9.17) is 0 Å². The number of aryl methyl sites for hydroxylation is 1. The zero-order valence-corrected chi connectivity index (χ0v) is 15.1. The summed E-state index contributed by atoms with van der Waals surface area (Å²) in [6.45, 7) is 4.17. The van der Waals surface area contributed by atoms with Crippen molar-refractivity contribution in [3.05, 3.63) is 64.7 Å². The minimum Gasteiger partial charge on any atom is -0.348 e. The summed E-state index contributed by atoms with van der Waals surface area (Å²) in [6.07, 6.45) is 1.14. The van der Waals surface area contributed by atoms with Crippen LogP contribution >= 0.6 is 0 Å². The highest BCUT2D eigenvalue weighted by molar-refractivity contribution is 7.92. The lowest BCUT2D eigenvalue weighted by atomic mass is 10.1. The number of nitrogens with one attached hydrogen (secondary N) is 1. The van der Waals surface area contributed by atoms with Gasteiger partial charge in [-0.1, -0.05) is 30.3 Å². The Morgan fingerprint density at radius 1 is 1.08 bits per heavy atom. The SMILES string of the molecule is Cc1ccccc1CNC(=O)c1cccc(N(C)S(C)(=O)=O)c1C. The second-order valence-corrected chi connectivity index (χ2v) is 7.80. The lowest BCUT2D eigenvalue weighted by molar-refractivity contribution is 0.0950. The molecule has 0 saturated carbocycles. The number of carbonyl (C=O) groups is 1. The number of amides is 1. The second kappa shape index (κ2) is 7.05. The van der Waals surface area contributed by atoms with E-state index < -0.39 is 10.0 Å². The van der Waals surface area contributed by atoms with Crippen LogP contribution < -0.4 is 9.62 Å². The van der Waals surface area contributed by atoms with E-state index in [1.54, 1.807) is 25.1 Å². The summed E-state index contributed by atoms with van der Waals surface area (Å²) in [5, 5.41) is 2.89. The third-order valence-corrected chi connectivity index (χ3v) is 5.28. The van der Waals surface area contributed by atoms with Crippen LogP contribution in [0.15, 0.2) is 42.5 Å². The predicted molar refractivity (Wildman–Crippen MR) is 96.8 cm³/mol. The van der Waals surface area contributed by atoms with Crippen LogP contribution in [-0.4, -0.2) is 27.6 Å². The van der Waals surface area contributed by atoms with Crippen molar-refractivity contribution in [3.63, 3.8) is 0 Å². The molecule has 5 nitrogen and oxygen atoms in total. The van der Waals surface area contributed by atoms with Crippen LogP contribution in [0.2, 0.25) is 0 Å². The van der Waals surface area contributed by atoms with Gasteiger partial charge in [0, 0.05) is 19.2 Å². The minimum atomic E-state index is -3.38. The summed E-state index contributed by atoms with van der Waals surface area (Å²) in [7, 11) is -1.90. The van der Waals surface area contributed by atoms with Crippen LogP contribution in [0.25, 0.3) is 0 Å². The fourth-order valence-electron chi connectivity index (χ4n) is 2.47. The van der Waals surface area contributed by atoms with Gasteiger partial charge in [-0.15, -0.1) is 0 Å². The lowest BCUT2D eigenvalue weighted by Gasteiger charge is -2.20.